The largest absolute Gasteiger partial charge is 0.354 e. The first kappa shape index (κ1) is 18.3. The number of aromatic nitrogens is 3. The third kappa shape index (κ3) is 3.66. The van der Waals surface area contributed by atoms with Gasteiger partial charge in [-0.15, -0.1) is 0 Å². The molecule has 0 radical (unpaired) electrons. The van der Waals surface area contributed by atoms with E-state index in [2.05, 4.69) is 69.2 Å². The highest BCUT2D eigenvalue weighted by Gasteiger charge is 2.17. The molecule has 1 saturated heterocycles. The summed E-state index contributed by atoms with van der Waals surface area (Å²) >= 11 is 0. The molecule has 3 aromatic heterocycles. The fourth-order valence-electron chi connectivity index (χ4n) is 4.25. The minimum absolute atomic E-state index is 0.940. The summed E-state index contributed by atoms with van der Waals surface area (Å²) in [6.07, 6.45) is 9.41. The van der Waals surface area contributed by atoms with Crippen LogP contribution in [0.15, 0.2) is 42.9 Å². The highest BCUT2D eigenvalue weighted by atomic mass is 15.3. The molecule has 0 spiro atoms. The van der Waals surface area contributed by atoms with Crippen molar-refractivity contribution in [2.45, 2.75) is 6.42 Å². The van der Waals surface area contributed by atoms with Crippen molar-refractivity contribution in [1.82, 2.24) is 24.8 Å². The van der Waals surface area contributed by atoms with Crippen LogP contribution in [0.1, 0.15) is 12.0 Å². The fraction of sp³-hybridized carbons (Fsp3) is 0.391. The summed E-state index contributed by atoms with van der Waals surface area (Å²) < 4.78 is 0. The first-order valence-corrected chi connectivity index (χ1v) is 10.4. The standard InChI is InChI=1S/C23H28N6/c1-27-7-4-17(5-8-27)19-13-20-21(16-26-23(20)25-15-19)18-3-6-24-22(14-18)29-11-9-28(2)10-12-29/h3-4,6,13-16H,5,7-12H2,1-2H3,(H,25,26). The number of nitrogens with one attached hydrogen (secondary N) is 1. The number of likely N-dealkylation sites (N-methyl/N-ethyl adjacent to an activating group) is 2. The van der Waals surface area contributed by atoms with Gasteiger partial charge in [-0.25, -0.2) is 9.97 Å². The van der Waals surface area contributed by atoms with Crippen molar-refractivity contribution < 1.29 is 0 Å². The van der Waals surface area contributed by atoms with Crippen molar-refractivity contribution in [3.05, 3.63) is 48.4 Å². The topological polar surface area (TPSA) is 51.3 Å². The van der Waals surface area contributed by atoms with Gasteiger partial charge in [0.15, 0.2) is 0 Å². The van der Waals surface area contributed by atoms with Gasteiger partial charge in [0.25, 0.3) is 0 Å². The van der Waals surface area contributed by atoms with Gasteiger partial charge in [0.2, 0.25) is 0 Å². The molecule has 0 aliphatic carbocycles. The molecular weight excluding hydrogens is 360 g/mol. The van der Waals surface area contributed by atoms with Gasteiger partial charge in [0.1, 0.15) is 11.5 Å². The summed E-state index contributed by atoms with van der Waals surface area (Å²) in [6.45, 7) is 6.31. The highest BCUT2D eigenvalue weighted by Crippen LogP contribution is 2.32. The second-order valence-electron chi connectivity index (χ2n) is 8.26. The molecule has 150 valence electrons. The lowest BCUT2D eigenvalue weighted by molar-refractivity contribution is 0.312. The van der Waals surface area contributed by atoms with Crippen molar-refractivity contribution in [1.29, 1.82) is 0 Å². The molecule has 2 aliphatic rings. The van der Waals surface area contributed by atoms with E-state index < -0.39 is 0 Å². The molecule has 6 nitrogen and oxygen atoms in total. The molecule has 0 saturated carbocycles. The number of hydrogen-bond donors (Lipinski definition) is 1. The van der Waals surface area contributed by atoms with Gasteiger partial charge in [-0.3, -0.25) is 0 Å². The lowest BCUT2D eigenvalue weighted by Crippen LogP contribution is -2.44. The summed E-state index contributed by atoms with van der Waals surface area (Å²) in [5.41, 5.74) is 5.96. The average molecular weight is 389 g/mol. The normalized spacial score (nSPS) is 19.0. The zero-order valence-corrected chi connectivity index (χ0v) is 17.2. The second-order valence-corrected chi connectivity index (χ2v) is 8.26. The molecule has 29 heavy (non-hydrogen) atoms. The number of anilines is 1. The second kappa shape index (κ2) is 7.61. The van der Waals surface area contributed by atoms with E-state index in [1.165, 1.54) is 27.6 Å². The molecule has 6 heteroatoms. The van der Waals surface area contributed by atoms with Crippen molar-refractivity contribution in [2.24, 2.45) is 0 Å². The number of piperazine rings is 1. The minimum atomic E-state index is 0.940. The van der Waals surface area contributed by atoms with E-state index in [0.717, 1.165) is 57.2 Å². The zero-order chi connectivity index (χ0) is 19.8. The van der Waals surface area contributed by atoms with Gasteiger partial charge in [-0.05, 0) is 55.4 Å². The van der Waals surface area contributed by atoms with E-state index in [9.17, 15) is 0 Å². The number of rotatable bonds is 3. The maximum absolute atomic E-state index is 4.70. The van der Waals surface area contributed by atoms with E-state index >= 15 is 0 Å². The maximum atomic E-state index is 4.70. The van der Waals surface area contributed by atoms with Crippen LogP contribution in [0.2, 0.25) is 0 Å². The Labute approximate surface area is 171 Å². The number of H-pyrrole nitrogens is 1. The van der Waals surface area contributed by atoms with Crippen LogP contribution >= 0.6 is 0 Å². The molecule has 1 N–H and O–H groups in total. The number of nitrogens with zero attached hydrogens (tertiary/aromatic N) is 5. The Bertz CT molecular complexity index is 1040. The van der Waals surface area contributed by atoms with Gasteiger partial charge in [-0.2, -0.15) is 0 Å². The van der Waals surface area contributed by atoms with Crippen LogP contribution in [0.5, 0.6) is 0 Å². The molecular formula is C23H28N6. The van der Waals surface area contributed by atoms with Crippen LogP contribution in [-0.2, 0) is 0 Å². The minimum Gasteiger partial charge on any atom is -0.354 e. The zero-order valence-electron chi connectivity index (χ0n) is 17.2. The molecule has 5 heterocycles. The van der Waals surface area contributed by atoms with E-state index in [-0.39, 0.29) is 0 Å². The lowest BCUT2D eigenvalue weighted by Gasteiger charge is -2.33. The van der Waals surface area contributed by atoms with Gasteiger partial charge in [-0.1, -0.05) is 6.08 Å². The van der Waals surface area contributed by atoms with Crippen molar-refractivity contribution in [3.63, 3.8) is 0 Å². The SMILES string of the molecule is CN1CC=C(c2cnc3[nH]cc(-c4ccnc(N5CCN(C)CC5)c4)c3c2)CC1. The lowest BCUT2D eigenvalue weighted by atomic mass is 9.99. The van der Waals surface area contributed by atoms with E-state index in [1.54, 1.807) is 0 Å². The third-order valence-corrected chi connectivity index (χ3v) is 6.20. The Hall–Kier alpha value is -2.70. The van der Waals surface area contributed by atoms with Crippen LogP contribution in [-0.4, -0.2) is 78.1 Å². The van der Waals surface area contributed by atoms with Crippen molar-refractivity contribution in [2.75, 3.05) is 58.3 Å². The predicted octanol–water partition coefficient (Wildman–Crippen LogP) is 3.10. The van der Waals surface area contributed by atoms with Crippen LogP contribution in [0.4, 0.5) is 5.82 Å². The number of fused-ring (bicyclic) bond motifs is 1. The molecule has 0 bridgehead atoms. The molecule has 0 aromatic carbocycles. The fourth-order valence-corrected chi connectivity index (χ4v) is 4.25. The monoisotopic (exact) mass is 388 g/mol. The maximum Gasteiger partial charge on any atom is 0.137 e. The number of hydrogen-bond acceptors (Lipinski definition) is 5. The van der Waals surface area contributed by atoms with Gasteiger partial charge < -0.3 is 19.7 Å². The average Bonchev–Trinajstić information content (AvgIpc) is 3.18. The summed E-state index contributed by atoms with van der Waals surface area (Å²) in [4.78, 5) is 19.8. The highest BCUT2D eigenvalue weighted by molar-refractivity contribution is 5.95. The first-order chi connectivity index (χ1) is 14.2. The first-order valence-electron chi connectivity index (χ1n) is 10.4. The van der Waals surface area contributed by atoms with E-state index in [1.807, 2.05) is 12.4 Å². The Morgan fingerprint density at radius 3 is 2.59 bits per heavy atom. The third-order valence-electron chi connectivity index (χ3n) is 6.20. The number of aromatic amines is 1. The molecule has 2 aliphatic heterocycles. The smallest absolute Gasteiger partial charge is 0.137 e. The van der Waals surface area contributed by atoms with Crippen LogP contribution in [0.25, 0.3) is 27.7 Å². The molecule has 0 atom stereocenters. The summed E-state index contributed by atoms with van der Waals surface area (Å²) in [5, 5.41) is 1.18. The quantitative estimate of drug-likeness (QED) is 0.747. The summed E-state index contributed by atoms with van der Waals surface area (Å²) in [6, 6.07) is 6.61. The molecule has 1 fully saturated rings. The van der Waals surface area contributed by atoms with E-state index in [4.69, 9.17) is 4.98 Å². The Morgan fingerprint density at radius 2 is 1.79 bits per heavy atom. The predicted molar refractivity (Wildman–Crippen MR) is 119 cm³/mol. The van der Waals surface area contributed by atoms with Crippen LogP contribution < -0.4 is 4.90 Å². The van der Waals surface area contributed by atoms with Gasteiger partial charge in [0.05, 0.1) is 0 Å². The number of pyridine rings is 2. The van der Waals surface area contributed by atoms with Crippen molar-refractivity contribution >= 4 is 22.4 Å². The van der Waals surface area contributed by atoms with Crippen LogP contribution in [0, 0.1) is 0 Å². The van der Waals surface area contributed by atoms with Crippen molar-refractivity contribution in [3.8, 4) is 11.1 Å². The molecule has 3 aromatic rings. The Kier molecular flexibility index (Phi) is 4.81. The Morgan fingerprint density at radius 1 is 0.931 bits per heavy atom. The van der Waals surface area contributed by atoms with E-state index in [0.29, 0.717) is 0 Å². The molecule has 0 unspecified atom stereocenters. The van der Waals surface area contributed by atoms with Gasteiger partial charge in [0, 0.05) is 68.8 Å². The van der Waals surface area contributed by atoms with Gasteiger partial charge >= 0.3 is 0 Å². The summed E-state index contributed by atoms with van der Waals surface area (Å²) in [7, 11) is 4.35. The molecule has 0 amide bonds. The summed E-state index contributed by atoms with van der Waals surface area (Å²) in [5.74, 6) is 1.06. The Balaban J connectivity index is 1.49. The molecule has 5 rings (SSSR count). The van der Waals surface area contributed by atoms with Crippen LogP contribution in [0.3, 0.4) is 0 Å².